The van der Waals surface area contributed by atoms with E-state index < -0.39 is 5.97 Å². The highest BCUT2D eigenvalue weighted by Crippen LogP contribution is 1.91. The zero-order chi connectivity index (χ0) is 9.68. The van der Waals surface area contributed by atoms with Crippen molar-refractivity contribution in [1.82, 2.24) is 20.1 Å². The first-order valence-electron chi connectivity index (χ1n) is 3.90. The Hall–Kier alpha value is -1.43. The molecule has 6 heteroatoms. The molecule has 1 heterocycles. The molecular formula is C7H12N4O2. The predicted molar refractivity (Wildman–Crippen MR) is 45.3 cm³/mol. The molecule has 0 bridgehead atoms. The lowest BCUT2D eigenvalue weighted by Gasteiger charge is -1.97. The van der Waals surface area contributed by atoms with Crippen LogP contribution in [0.1, 0.15) is 10.6 Å². The minimum Gasteiger partial charge on any atom is -0.463 e. The monoisotopic (exact) mass is 184 g/mol. The highest BCUT2D eigenvalue weighted by molar-refractivity contribution is 5.84. The van der Waals surface area contributed by atoms with Crippen molar-refractivity contribution < 1.29 is 9.53 Å². The fourth-order valence-corrected chi connectivity index (χ4v) is 0.814. The van der Waals surface area contributed by atoms with Gasteiger partial charge in [0.25, 0.3) is 5.82 Å². The Morgan fingerprint density at radius 3 is 3.15 bits per heavy atom. The van der Waals surface area contributed by atoms with E-state index in [2.05, 4.69) is 20.1 Å². The Morgan fingerprint density at radius 1 is 1.77 bits per heavy atom. The molecule has 1 aromatic heterocycles. The van der Waals surface area contributed by atoms with Crippen molar-refractivity contribution in [2.75, 3.05) is 20.7 Å². The Bertz CT molecular complexity index is 284. The number of hydrogen-bond donors (Lipinski definition) is 1. The second-order valence-corrected chi connectivity index (χ2v) is 2.43. The molecule has 0 aromatic carbocycles. The van der Waals surface area contributed by atoms with Gasteiger partial charge in [-0.3, -0.25) is 4.68 Å². The maximum atomic E-state index is 10.9. The van der Waals surface area contributed by atoms with Crippen LogP contribution in [0, 0.1) is 0 Å². The van der Waals surface area contributed by atoms with Crippen LogP contribution in [0.15, 0.2) is 6.33 Å². The first-order chi connectivity index (χ1) is 6.27. The number of nitrogens with zero attached hydrogens (tertiary/aromatic N) is 3. The van der Waals surface area contributed by atoms with Crippen molar-refractivity contribution in [1.29, 1.82) is 0 Å². The normalized spacial score (nSPS) is 10.0. The van der Waals surface area contributed by atoms with E-state index in [1.54, 1.807) is 4.68 Å². The van der Waals surface area contributed by atoms with Crippen LogP contribution in [-0.2, 0) is 11.3 Å². The van der Waals surface area contributed by atoms with Gasteiger partial charge in [-0.05, 0) is 7.05 Å². The van der Waals surface area contributed by atoms with Crippen molar-refractivity contribution in [2.45, 2.75) is 6.54 Å². The van der Waals surface area contributed by atoms with Crippen molar-refractivity contribution >= 4 is 5.97 Å². The number of carbonyl (C=O) groups is 1. The largest absolute Gasteiger partial charge is 0.463 e. The van der Waals surface area contributed by atoms with E-state index in [0.717, 1.165) is 6.54 Å². The van der Waals surface area contributed by atoms with Crippen molar-refractivity contribution in [3.63, 3.8) is 0 Å². The smallest absolute Gasteiger partial charge is 0.377 e. The molecule has 0 unspecified atom stereocenters. The Labute approximate surface area is 75.9 Å². The first kappa shape index (κ1) is 9.66. The van der Waals surface area contributed by atoms with Gasteiger partial charge in [0.2, 0.25) is 0 Å². The molecule has 1 aromatic rings. The van der Waals surface area contributed by atoms with Crippen LogP contribution in [0.4, 0.5) is 0 Å². The van der Waals surface area contributed by atoms with Gasteiger partial charge in [-0.25, -0.2) is 9.78 Å². The summed E-state index contributed by atoms with van der Waals surface area (Å²) in [5.41, 5.74) is 0. The summed E-state index contributed by atoms with van der Waals surface area (Å²) in [4.78, 5) is 14.7. The lowest BCUT2D eigenvalue weighted by Crippen LogP contribution is -2.15. The summed E-state index contributed by atoms with van der Waals surface area (Å²) in [5.74, 6) is -0.415. The van der Waals surface area contributed by atoms with E-state index in [1.807, 2.05) is 7.05 Å². The van der Waals surface area contributed by atoms with Crippen LogP contribution in [-0.4, -0.2) is 41.4 Å². The standard InChI is InChI=1S/C7H12N4O2/c1-8-3-4-11-5-9-6(10-11)7(12)13-2/h5,8H,3-4H2,1-2H3. The molecule has 0 fully saturated rings. The molecule has 0 amide bonds. The number of aromatic nitrogens is 3. The topological polar surface area (TPSA) is 69.0 Å². The van der Waals surface area contributed by atoms with Crippen LogP contribution in [0.2, 0.25) is 0 Å². The highest BCUT2D eigenvalue weighted by Gasteiger charge is 2.10. The molecule has 1 N–H and O–H groups in total. The molecule has 0 atom stereocenters. The van der Waals surface area contributed by atoms with E-state index in [4.69, 9.17) is 0 Å². The SMILES string of the molecule is CNCCn1cnc(C(=O)OC)n1. The van der Waals surface area contributed by atoms with Crippen molar-refractivity contribution in [3.05, 3.63) is 12.2 Å². The van der Waals surface area contributed by atoms with Gasteiger partial charge in [0.05, 0.1) is 13.7 Å². The van der Waals surface area contributed by atoms with Crippen molar-refractivity contribution in [2.24, 2.45) is 0 Å². The number of methoxy groups -OCH3 is 1. The number of likely N-dealkylation sites (N-methyl/N-ethyl adjacent to an activating group) is 1. The molecule has 72 valence electrons. The summed E-state index contributed by atoms with van der Waals surface area (Å²) in [6.07, 6.45) is 1.50. The molecule has 6 nitrogen and oxygen atoms in total. The van der Waals surface area contributed by atoms with E-state index in [9.17, 15) is 4.79 Å². The van der Waals surface area contributed by atoms with Gasteiger partial charge >= 0.3 is 5.97 Å². The summed E-state index contributed by atoms with van der Waals surface area (Å²) >= 11 is 0. The van der Waals surface area contributed by atoms with Crippen LogP contribution < -0.4 is 5.32 Å². The second kappa shape index (κ2) is 4.56. The second-order valence-electron chi connectivity index (χ2n) is 2.43. The summed E-state index contributed by atoms with van der Waals surface area (Å²) in [7, 11) is 3.15. The molecule has 0 aliphatic rings. The molecule has 0 saturated carbocycles. The third kappa shape index (κ3) is 2.51. The summed E-state index contributed by atoms with van der Waals surface area (Å²) in [5, 5.41) is 6.87. The molecule has 1 rings (SSSR count). The number of carbonyl (C=O) groups excluding carboxylic acids is 1. The zero-order valence-corrected chi connectivity index (χ0v) is 7.65. The molecule has 0 aliphatic carbocycles. The number of nitrogens with one attached hydrogen (secondary N) is 1. The predicted octanol–water partition coefficient (Wildman–Crippen LogP) is -0.716. The van der Waals surface area contributed by atoms with E-state index in [-0.39, 0.29) is 5.82 Å². The molecular weight excluding hydrogens is 172 g/mol. The van der Waals surface area contributed by atoms with Gasteiger partial charge in [-0.15, -0.1) is 5.10 Å². The fraction of sp³-hybridized carbons (Fsp3) is 0.571. The lowest BCUT2D eigenvalue weighted by molar-refractivity contribution is 0.0586. The van der Waals surface area contributed by atoms with Crippen LogP contribution in [0.5, 0.6) is 0 Å². The third-order valence-electron chi connectivity index (χ3n) is 1.50. The summed E-state index contributed by atoms with van der Waals surface area (Å²) in [6.45, 7) is 1.46. The van der Waals surface area contributed by atoms with Crippen LogP contribution in [0.3, 0.4) is 0 Å². The number of esters is 1. The minimum absolute atomic E-state index is 0.0959. The summed E-state index contributed by atoms with van der Waals surface area (Å²) in [6, 6.07) is 0. The van der Waals surface area contributed by atoms with Gasteiger partial charge in [-0.1, -0.05) is 0 Å². The quantitative estimate of drug-likeness (QED) is 0.626. The molecule has 0 radical (unpaired) electrons. The van der Waals surface area contributed by atoms with E-state index in [0.29, 0.717) is 6.54 Å². The molecule has 0 aliphatic heterocycles. The van der Waals surface area contributed by atoms with Gasteiger partial charge in [-0.2, -0.15) is 0 Å². The number of ether oxygens (including phenoxy) is 1. The highest BCUT2D eigenvalue weighted by atomic mass is 16.5. The average molecular weight is 184 g/mol. The Balaban J connectivity index is 2.58. The van der Waals surface area contributed by atoms with Gasteiger partial charge in [0.15, 0.2) is 0 Å². The van der Waals surface area contributed by atoms with Gasteiger partial charge < -0.3 is 10.1 Å². The van der Waals surface area contributed by atoms with Crippen LogP contribution >= 0.6 is 0 Å². The minimum atomic E-state index is -0.511. The Kier molecular flexibility index (Phi) is 3.39. The number of hydrogen-bond acceptors (Lipinski definition) is 5. The molecule has 13 heavy (non-hydrogen) atoms. The van der Waals surface area contributed by atoms with E-state index in [1.165, 1.54) is 13.4 Å². The third-order valence-corrected chi connectivity index (χ3v) is 1.50. The Morgan fingerprint density at radius 2 is 2.54 bits per heavy atom. The number of rotatable bonds is 4. The van der Waals surface area contributed by atoms with Gasteiger partial charge in [0.1, 0.15) is 6.33 Å². The van der Waals surface area contributed by atoms with Crippen LogP contribution in [0.25, 0.3) is 0 Å². The first-order valence-corrected chi connectivity index (χ1v) is 3.90. The zero-order valence-electron chi connectivity index (χ0n) is 7.65. The molecule has 0 saturated heterocycles. The maximum absolute atomic E-state index is 10.9. The van der Waals surface area contributed by atoms with E-state index >= 15 is 0 Å². The lowest BCUT2D eigenvalue weighted by atomic mass is 10.6. The van der Waals surface area contributed by atoms with Crippen molar-refractivity contribution in [3.8, 4) is 0 Å². The molecule has 0 spiro atoms. The summed E-state index contributed by atoms with van der Waals surface area (Å²) < 4.78 is 6.05. The maximum Gasteiger partial charge on any atom is 0.377 e. The fourth-order valence-electron chi connectivity index (χ4n) is 0.814. The average Bonchev–Trinajstić information content (AvgIpc) is 2.62. The van der Waals surface area contributed by atoms with Gasteiger partial charge in [0, 0.05) is 6.54 Å².